The summed E-state index contributed by atoms with van der Waals surface area (Å²) in [6.07, 6.45) is 2.80. The van der Waals surface area contributed by atoms with E-state index in [1.165, 1.54) is 16.5 Å². The molecule has 6 nitrogen and oxygen atoms in total. The third-order valence-corrected chi connectivity index (χ3v) is 5.67. The number of hydrogen-bond acceptors (Lipinski definition) is 4. The number of hydrogen-bond donors (Lipinski definition) is 1. The monoisotopic (exact) mass is 407 g/mol. The molecule has 0 unspecified atom stereocenters. The van der Waals surface area contributed by atoms with Crippen LogP contribution < -0.4 is 10.1 Å². The molecular formula is C24H29N3O3. The molecule has 1 aliphatic rings. The number of methoxy groups -OCH3 is 1. The van der Waals surface area contributed by atoms with Crippen LogP contribution in [0.3, 0.4) is 0 Å². The number of nitrogens with zero attached hydrogens (tertiary/aromatic N) is 2. The molecule has 2 aromatic carbocycles. The van der Waals surface area contributed by atoms with Crippen LogP contribution in [0.5, 0.6) is 5.75 Å². The number of aryl methyl sites for hydroxylation is 1. The molecule has 2 atom stereocenters. The highest BCUT2D eigenvalue weighted by molar-refractivity contribution is 5.84. The normalized spacial score (nSPS) is 19.3. The first-order valence-corrected chi connectivity index (χ1v) is 10.4. The Morgan fingerprint density at radius 2 is 1.90 bits per heavy atom. The van der Waals surface area contributed by atoms with Gasteiger partial charge in [0.2, 0.25) is 5.91 Å². The van der Waals surface area contributed by atoms with E-state index in [1.54, 1.807) is 7.11 Å². The molecule has 3 aromatic rings. The van der Waals surface area contributed by atoms with Gasteiger partial charge in [0.1, 0.15) is 11.9 Å². The first kappa shape index (κ1) is 20.4. The number of likely N-dealkylation sites (tertiary alicyclic amines) is 1. The number of carbonyl (C=O) groups is 1. The summed E-state index contributed by atoms with van der Waals surface area (Å²) in [7, 11) is 3.70. The standard InChI is InChI=1S/C24H29N3O3/c1-26-15-18(21-10-6-7-11-22(21)26)16-27-17-20(30-19-8-4-3-5-9-19)14-23(27)24(28)25-12-13-29-2/h3-11,15,20,23H,12-14,16-17H2,1-2H3,(H,25,28)/t20-,23+/m0/s1. The van der Waals surface area contributed by atoms with Gasteiger partial charge in [-0.3, -0.25) is 9.69 Å². The van der Waals surface area contributed by atoms with Gasteiger partial charge in [-0.15, -0.1) is 0 Å². The molecule has 0 bridgehead atoms. The van der Waals surface area contributed by atoms with Gasteiger partial charge < -0.3 is 19.4 Å². The Kier molecular flexibility index (Phi) is 6.35. The maximum absolute atomic E-state index is 12.9. The first-order valence-electron chi connectivity index (χ1n) is 10.4. The predicted molar refractivity (Wildman–Crippen MR) is 117 cm³/mol. The van der Waals surface area contributed by atoms with Crippen LogP contribution in [0.2, 0.25) is 0 Å². The van der Waals surface area contributed by atoms with Crippen molar-refractivity contribution >= 4 is 16.8 Å². The van der Waals surface area contributed by atoms with Crippen molar-refractivity contribution in [3.8, 4) is 5.75 Å². The number of carbonyl (C=O) groups excluding carboxylic acids is 1. The lowest BCUT2D eigenvalue weighted by molar-refractivity contribution is -0.125. The Hall–Kier alpha value is -2.83. The van der Waals surface area contributed by atoms with Crippen molar-refractivity contribution < 1.29 is 14.3 Å². The second-order valence-corrected chi connectivity index (χ2v) is 7.80. The highest BCUT2D eigenvalue weighted by atomic mass is 16.5. The fourth-order valence-electron chi connectivity index (χ4n) is 4.25. The van der Waals surface area contributed by atoms with Crippen LogP contribution in [0, 0.1) is 0 Å². The zero-order chi connectivity index (χ0) is 20.9. The molecule has 0 saturated carbocycles. The van der Waals surface area contributed by atoms with Crippen LogP contribution in [-0.4, -0.2) is 54.3 Å². The summed E-state index contributed by atoms with van der Waals surface area (Å²) in [5.74, 6) is 0.875. The summed E-state index contributed by atoms with van der Waals surface area (Å²) in [6, 6.07) is 18.0. The van der Waals surface area contributed by atoms with Gasteiger partial charge in [0.25, 0.3) is 0 Å². The molecule has 0 aliphatic carbocycles. The minimum atomic E-state index is -0.227. The van der Waals surface area contributed by atoms with Crippen molar-refractivity contribution in [2.75, 3.05) is 26.8 Å². The van der Waals surface area contributed by atoms with E-state index in [1.807, 2.05) is 30.3 Å². The van der Waals surface area contributed by atoms with E-state index < -0.39 is 0 Å². The molecule has 6 heteroatoms. The Bertz CT molecular complexity index is 986. The molecule has 1 fully saturated rings. The van der Waals surface area contributed by atoms with Gasteiger partial charge in [-0.2, -0.15) is 0 Å². The van der Waals surface area contributed by atoms with E-state index in [0.717, 1.165) is 5.75 Å². The van der Waals surface area contributed by atoms with E-state index in [9.17, 15) is 4.79 Å². The number of nitrogens with one attached hydrogen (secondary N) is 1. The van der Waals surface area contributed by atoms with Crippen LogP contribution in [0.1, 0.15) is 12.0 Å². The average molecular weight is 408 g/mol. The molecule has 0 spiro atoms. The second kappa shape index (κ2) is 9.32. The molecule has 1 amide bonds. The van der Waals surface area contributed by atoms with E-state index >= 15 is 0 Å². The summed E-state index contributed by atoms with van der Waals surface area (Å²) < 4.78 is 13.4. The van der Waals surface area contributed by atoms with Crippen LogP contribution in [0.25, 0.3) is 10.9 Å². The third kappa shape index (κ3) is 4.50. The van der Waals surface area contributed by atoms with Crippen molar-refractivity contribution in [2.45, 2.75) is 25.1 Å². The number of fused-ring (bicyclic) bond motifs is 1. The highest BCUT2D eigenvalue weighted by Gasteiger charge is 2.38. The number of para-hydroxylation sites is 2. The lowest BCUT2D eigenvalue weighted by Crippen LogP contribution is -2.43. The van der Waals surface area contributed by atoms with Gasteiger partial charge in [0, 0.05) is 57.3 Å². The Morgan fingerprint density at radius 1 is 1.13 bits per heavy atom. The minimum absolute atomic E-state index is 0.0273. The lowest BCUT2D eigenvalue weighted by Gasteiger charge is -2.23. The number of ether oxygens (including phenoxy) is 2. The molecule has 30 heavy (non-hydrogen) atoms. The van der Waals surface area contributed by atoms with Gasteiger partial charge in [0.05, 0.1) is 12.6 Å². The van der Waals surface area contributed by atoms with Gasteiger partial charge in [-0.05, 0) is 23.8 Å². The summed E-state index contributed by atoms with van der Waals surface area (Å²) in [4.78, 5) is 15.2. The lowest BCUT2D eigenvalue weighted by atomic mass is 10.1. The van der Waals surface area contributed by atoms with Gasteiger partial charge in [-0.25, -0.2) is 0 Å². The molecule has 1 N–H and O–H groups in total. The highest BCUT2D eigenvalue weighted by Crippen LogP contribution is 2.28. The maximum Gasteiger partial charge on any atom is 0.237 e. The number of amides is 1. The number of benzene rings is 2. The topological polar surface area (TPSA) is 55.7 Å². The number of aromatic nitrogens is 1. The summed E-state index contributed by atoms with van der Waals surface area (Å²) in [6.45, 7) is 2.43. The van der Waals surface area contributed by atoms with Gasteiger partial charge >= 0.3 is 0 Å². The van der Waals surface area contributed by atoms with Crippen molar-refractivity contribution in [3.05, 3.63) is 66.4 Å². The summed E-state index contributed by atoms with van der Waals surface area (Å²) >= 11 is 0. The second-order valence-electron chi connectivity index (χ2n) is 7.80. The van der Waals surface area contributed by atoms with Crippen molar-refractivity contribution in [3.63, 3.8) is 0 Å². The molecule has 0 radical (unpaired) electrons. The van der Waals surface area contributed by atoms with E-state index in [-0.39, 0.29) is 18.1 Å². The largest absolute Gasteiger partial charge is 0.489 e. The van der Waals surface area contributed by atoms with Crippen molar-refractivity contribution in [1.82, 2.24) is 14.8 Å². The molecule has 1 saturated heterocycles. The van der Waals surface area contributed by atoms with Crippen LogP contribution >= 0.6 is 0 Å². The zero-order valence-electron chi connectivity index (χ0n) is 17.6. The molecule has 1 aromatic heterocycles. The zero-order valence-corrected chi connectivity index (χ0v) is 17.6. The Balaban J connectivity index is 1.53. The van der Waals surface area contributed by atoms with E-state index in [4.69, 9.17) is 9.47 Å². The smallest absolute Gasteiger partial charge is 0.237 e. The summed E-state index contributed by atoms with van der Waals surface area (Å²) in [5.41, 5.74) is 2.42. The fraction of sp³-hybridized carbons (Fsp3) is 0.375. The van der Waals surface area contributed by atoms with Crippen LogP contribution in [0.15, 0.2) is 60.8 Å². The van der Waals surface area contributed by atoms with E-state index in [2.05, 4.69) is 52.3 Å². The van der Waals surface area contributed by atoms with Crippen molar-refractivity contribution in [1.29, 1.82) is 0 Å². The van der Waals surface area contributed by atoms with Crippen LogP contribution in [-0.2, 0) is 23.1 Å². The quantitative estimate of drug-likeness (QED) is 0.584. The van der Waals surface area contributed by atoms with E-state index in [0.29, 0.717) is 32.7 Å². The van der Waals surface area contributed by atoms with Crippen LogP contribution in [0.4, 0.5) is 0 Å². The Labute approximate surface area is 177 Å². The third-order valence-electron chi connectivity index (χ3n) is 5.67. The average Bonchev–Trinajstić information content (AvgIpc) is 3.30. The predicted octanol–water partition coefficient (Wildman–Crippen LogP) is 2.96. The maximum atomic E-state index is 12.9. The molecule has 1 aliphatic heterocycles. The summed E-state index contributed by atoms with van der Waals surface area (Å²) in [5, 5.41) is 4.23. The fourth-order valence-corrected chi connectivity index (χ4v) is 4.25. The molecule has 2 heterocycles. The molecule has 158 valence electrons. The first-order chi connectivity index (χ1) is 14.7. The molecule has 4 rings (SSSR count). The van der Waals surface area contributed by atoms with Gasteiger partial charge in [0.15, 0.2) is 0 Å². The van der Waals surface area contributed by atoms with Crippen molar-refractivity contribution in [2.24, 2.45) is 7.05 Å². The SMILES string of the molecule is COCCNC(=O)[C@H]1C[C@H](Oc2ccccc2)CN1Cc1cn(C)c2ccccc12. The Morgan fingerprint density at radius 3 is 2.70 bits per heavy atom. The molecular weight excluding hydrogens is 378 g/mol. The van der Waals surface area contributed by atoms with Gasteiger partial charge in [-0.1, -0.05) is 36.4 Å². The number of rotatable bonds is 8. The minimum Gasteiger partial charge on any atom is -0.489 e.